The maximum absolute atomic E-state index is 2.34. The molecule has 0 aromatic rings. The molecule has 0 amide bonds. The van der Waals surface area contributed by atoms with Gasteiger partial charge in [-0.15, -0.1) is 0 Å². The van der Waals surface area contributed by atoms with Crippen molar-refractivity contribution in [1.82, 2.24) is 0 Å². The van der Waals surface area contributed by atoms with E-state index in [0.29, 0.717) is 0 Å². The molecule has 0 radical (unpaired) electrons. The van der Waals surface area contributed by atoms with Crippen LogP contribution in [-0.2, 0) is 0 Å². The average Bonchev–Trinajstić information content (AvgIpc) is 0.722. The molecule has 0 bridgehead atoms. The molecule has 0 nitrogen and oxygen atoms in total. The topological polar surface area (TPSA) is 0 Å². The zero-order chi connectivity index (χ0) is 4.50. The van der Waals surface area contributed by atoms with E-state index >= 15 is 0 Å². The van der Waals surface area contributed by atoms with Crippen molar-refractivity contribution in [3.8, 4) is 0 Å². The average molecular weight is 139 g/mol. The zero-order valence-corrected chi connectivity index (χ0v) is 6.12. The Balaban J connectivity index is 3.02. The Bertz CT molecular complexity index is 19.1. The van der Waals surface area contributed by atoms with Crippen LogP contribution in [0.25, 0.3) is 0 Å². The summed E-state index contributed by atoms with van der Waals surface area (Å²) in [5.41, 5.74) is 0. The predicted molar refractivity (Wildman–Crippen MR) is 29.2 cm³/mol. The second-order valence-electron chi connectivity index (χ2n) is 2.45. The van der Waals surface area contributed by atoms with Crippen molar-refractivity contribution in [3.05, 3.63) is 0 Å². The molecular weight excluding hydrogens is 127 g/mol. The third-order valence-electron chi connectivity index (χ3n) is 0. The van der Waals surface area contributed by atoms with Crippen molar-refractivity contribution in [3.63, 3.8) is 0 Å². The van der Waals surface area contributed by atoms with Crippen LogP contribution in [0.5, 0.6) is 0 Å². The van der Waals surface area contributed by atoms with Gasteiger partial charge in [0.15, 0.2) is 0 Å². The van der Waals surface area contributed by atoms with Gasteiger partial charge in [-0.05, 0) is 0 Å². The van der Waals surface area contributed by atoms with Gasteiger partial charge < -0.3 is 0 Å². The molecule has 0 spiro atoms. The third kappa shape index (κ3) is 106. The van der Waals surface area contributed by atoms with Crippen LogP contribution in [0.4, 0.5) is 0 Å². The molecule has 1 heteroatoms. The van der Waals surface area contributed by atoms with Crippen molar-refractivity contribution in [1.29, 1.82) is 0 Å². The number of rotatable bonds is 0. The summed E-state index contributed by atoms with van der Waals surface area (Å²) in [6.07, 6.45) is 0. The van der Waals surface area contributed by atoms with Gasteiger partial charge in [-0.1, -0.05) is 0 Å². The van der Waals surface area contributed by atoms with E-state index in [1.165, 1.54) is 0 Å². The molecule has 0 unspecified atom stereocenters. The first-order valence-corrected chi connectivity index (χ1v) is 8.49. The molecular formula is C4H12Se. The Morgan fingerprint density at radius 2 is 0.800 bits per heavy atom. The van der Waals surface area contributed by atoms with E-state index in [-0.39, 0.29) is 0 Å². The molecule has 0 rings (SSSR count). The fraction of sp³-hybridized carbons (Fsp3) is 1.00. The zero-order valence-electron chi connectivity index (χ0n) is 4.41. The van der Waals surface area contributed by atoms with Crippen LogP contribution in [-0.4, -0.2) is 12.8 Å². The molecule has 0 fully saturated rings. The van der Waals surface area contributed by atoms with Crippen LogP contribution in [0.3, 0.4) is 0 Å². The van der Waals surface area contributed by atoms with E-state index < -0.39 is 12.8 Å². The summed E-state index contributed by atoms with van der Waals surface area (Å²) in [6.45, 7) is 0. The van der Waals surface area contributed by atoms with Gasteiger partial charge in [0.1, 0.15) is 0 Å². The minimum absolute atomic E-state index is 0.750. The van der Waals surface area contributed by atoms with E-state index in [1.54, 1.807) is 0 Å². The van der Waals surface area contributed by atoms with Crippen LogP contribution in [0, 0.1) is 0 Å². The molecule has 0 heterocycles. The number of hydrogen-bond acceptors (Lipinski definition) is 0. The number of hydrogen-bond donors (Lipinski definition) is 0. The summed E-state index contributed by atoms with van der Waals surface area (Å²) < 4.78 is 0. The van der Waals surface area contributed by atoms with Crippen LogP contribution < -0.4 is 0 Å². The van der Waals surface area contributed by atoms with Gasteiger partial charge in [0.05, 0.1) is 0 Å². The Morgan fingerprint density at radius 1 is 0.800 bits per heavy atom. The molecule has 34 valence electrons. The van der Waals surface area contributed by atoms with Gasteiger partial charge in [-0.2, -0.15) is 0 Å². The molecule has 0 saturated carbocycles. The third-order valence-corrected chi connectivity index (χ3v) is 0. The van der Waals surface area contributed by atoms with Crippen LogP contribution in [0.2, 0.25) is 23.3 Å². The molecule has 0 aliphatic heterocycles. The minimum atomic E-state index is -0.750. The van der Waals surface area contributed by atoms with Crippen LogP contribution in [0.1, 0.15) is 0 Å². The van der Waals surface area contributed by atoms with Crippen molar-refractivity contribution in [2.24, 2.45) is 0 Å². The van der Waals surface area contributed by atoms with Crippen molar-refractivity contribution in [2.75, 3.05) is 0 Å². The van der Waals surface area contributed by atoms with Crippen LogP contribution >= 0.6 is 0 Å². The normalized spacial score (nSPS) is 15.2. The quantitative estimate of drug-likeness (QED) is 0.450. The molecule has 0 aliphatic carbocycles. The van der Waals surface area contributed by atoms with Crippen molar-refractivity contribution in [2.45, 2.75) is 23.3 Å². The molecule has 0 saturated heterocycles. The SMILES string of the molecule is C[Se](C)(C)C. The summed E-state index contributed by atoms with van der Waals surface area (Å²) in [5.74, 6) is 9.38. The summed E-state index contributed by atoms with van der Waals surface area (Å²) in [6, 6.07) is 0. The maximum atomic E-state index is 2.34. The summed E-state index contributed by atoms with van der Waals surface area (Å²) >= 11 is -0.750. The first-order valence-electron chi connectivity index (χ1n) is 1.63. The van der Waals surface area contributed by atoms with E-state index in [0.717, 1.165) is 0 Å². The molecule has 0 atom stereocenters. The molecule has 0 N–H and O–H groups in total. The standard InChI is InChI=1S/C4H12Se/c1-5(2,3)4/h1-4H3. The van der Waals surface area contributed by atoms with E-state index in [1.807, 2.05) is 0 Å². The van der Waals surface area contributed by atoms with Crippen LogP contribution in [0.15, 0.2) is 0 Å². The fourth-order valence-electron chi connectivity index (χ4n) is 0. The van der Waals surface area contributed by atoms with E-state index in [9.17, 15) is 0 Å². The molecule has 0 aliphatic rings. The summed E-state index contributed by atoms with van der Waals surface area (Å²) in [4.78, 5) is 0. The molecule has 5 heavy (non-hydrogen) atoms. The van der Waals surface area contributed by atoms with Gasteiger partial charge in [0, 0.05) is 0 Å². The van der Waals surface area contributed by atoms with Gasteiger partial charge in [0.2, 0.25) is 0 Å². The Morgan fingerprint density at radius 3 is 0.800 bits per heavy atom. The van der Waals surface area contributed by atoms with Gasteiger partial charge in [-0.3, -0.25) is 0 Å². The van der Waals surface area contributed by atoms with Gasteiger partial charge in [-0.25, -0.2) is 0 Å². The summed E-state index contributed by atoms with van der Waals surface area (Å²) in [7, 11) is 0. The Labute approximate surface area is 36.8 Å². The van der Waals surface area contributed by atoms with Gasteiger partial charge >= 0.3 is 36.1 Å². The Hall–Kier alpha value is 0.519. The first kappa shape index (κ1) is 5.52. The van der Waals surface area contributed by atoms with Crippen molar-refractivity contribution >= 4 is 12.8 Å². The van der Waals surface area contributed by atoms with E-state index in [4.69, 9.17) is 0 Å². The van der Waals surface area contributed by atoms with Crippen molar-refractivity contribution < 1.29 is 0 Å². The summed E-state index contributed by atoms with van der Waals surface area (Å²) in [5, 5.41) is 0. The fourth-order valence-corrected chi connectivity index (χ4v) is 0. The van der Waals surface area contributed by atoms with Gasteiger partial charge in [0.25, 0.3) is 0 Å². The molecule has 0 aromatic carbocycles. The Kier molecular flexibility index (Phi) is 1.45. The molecule has 0 aromatic heterocycles. The second kappa shape index (κ2) is 1.32. The monoisotopic (exact) mass is 140 g/mol. The first-order chi connectivity index (χ1) is 2.00. The van der Waals surface area contributed by atoms with E-state index in [2.05, 4.69) is 23.3 Å². The predicted octanol–water partition coefficient (Wildman–Crippen LogP) is 1.95. The second-order valence-corrected chi connectivity index (χ2v) is 12.7.